The third-order valence-corrected chi connectivity index (χ3v) is 2.37. The van der Waals surface area contributed by atoms with Crippen LogP contribution >= 0.6 is 12.2 Å². The summed E-state index contributed by atoms with van der Waals surface area (Å²) >= 11 is 4.54. The fourth-order valence-electron chi connectivity index (χ4n) is 0.702. The smallest absolute Gasteiger partial charge is 0.241 e. The van der Waals surface area contributed by atoms with Crippen molar-refractivity contribution in [2.75, 3.05) is 5.73 Å². The molecular weight excluding hydrogens is 212 g/mol. The van der Waals surface area contributed by atoms with Crippen molar-refractivity contribution in [3.63, 3.8) is 0 Å². The Labute approximate surface area is 80.0 Å². The van der Waals surface area contributed by atoms with E-state index in [0.717, 1.165) is 11.6 Å². The first-order valence-corrected chi connectivity index (χ1v) is 5.07. The van der Waals surface area contributed by atoms with Gasteiger partial charge in [0.25, 0.3) is 0 Å². The maximum absolute atomic E-state index is 10.9. The van der Waals surface area contributed by atoms with Crippen molar-refractivity contribution in [2.24, 2.45) is 5.14 Å². The number of thiocarbonyl (C=S) groups is 1. The standard InChI is InChI=1S/C5H6N4O2S2/c6-5-8-1-4(13(7,10)11)3(2-12)9-5/h1-2H,(H2,6,8,9)(H2,7,10,11). The maximum atomic E-state index is 10.9. The molecule has 8 heteroatoms. The van der Waals surface area contributed by atoms with E-state index in [-0.39, 0.29) is 16.5 Å². The van der Waals surface area contributed by atoms with E-state index in [4.69, 9.17) is 10.9 Å². The van der Waals surface area contributed by atoms with Gasteiger partial charge in [0.2, 0.25) is 16.0 Å². The first kappa shape index (κ1) is 9.96. The predicted octanol–water partition coefficient (Wildman–Crippen LogP) is -0.946. The molecule has 1 aromatic rings. The lowest BCUT2D eigenvalue weighted by atomic mass is 10.4. The van der Waals surface area contributed by atoms with Crippen molar-refractivity contribution in [1.82, 2.24) is 9.97 Å². The average Bonchev–Trinajstić information content (AvgIpc) is 2.01. The molecule has 1 aromatic heterocycles. The van der Waals surface area contributed by atoms with Gasteiger partial charge in [-0.3, -0.25) is 0 Å². The Balaban J connectivity index is 3.47. The van der Waals surface area contributed by atoms with Gasteiger partial charge in [-0.05, 0) is 0 Å². The molecule has 0 aliphatic carbocycles. The number of primary sulfonamides is 1. The van der Waals surface area contributed by atoms with Crippen molar-refractivity contribution in [3.8, 4) is 0 Å². The van der Waals surface area contributed by atoms with Crippen LogP contribution in [0.4, 0.5) is 5.95 Å². The number of aromatic nitrogens is 2. The third kappa shape index (κ3) is 2.17. The molecule has 0 bridgehead atoms. The normalized spacial score (nSPS) is 11.2. The van der Waals surface area contributed by atoms with Gasteiger partial charge in [-0.2, -0.15) is 0 Å². The molecule has 0 aliphatic heterocycles. The summed E-state index contributed by atoms with van der Waals surface area (Å²) in [6, 6.07) is 0. The van der Waals surface area contributed by atoms with Gasteiger partial charge >= 0.3 is 0 Å². The lowest BCUT2D eigenvalue weighted by molar-refractivity contribution is 0.597. The van der Waals surface area contributed by atoms with Crippen LogP contribution in [0.3, 0.4) is 0 Å². The van der Waals surface area contributed by atoms with Crippen molar-refractivity contribution >= 4 is 33.6 Å². The van der Waals surface area contributed by atoms with Crippen LogP contribution in [-0.4, -0.2) is 23.8 Å². The van der Waals surface area contributed by atoms with Gasteiger partial charge in [0, 0.05) is 5.37 Å². The van der Waals surface area contributed by atoms with Crippen LogP contribution in [0, 0.1) is 0 Å². The Morgan fingerprint density at radius 3 is 2.62 bits per heavy atom. The summed E-state index contributed by atoms with van der Waals surface area (Å²) in [5, 5.41) is 5.95. The molecule has 0 aliphatic rings. The second-order valence-corrected chi connectivity index (χ2v) is 3.91. The van der Waals surface area contributed by atoms with Gasteiger partial charge in [-0.25, -0.2) is 23.5 Å². The van der Waals surface area contributed by atoms with E-state index in [1.807, 2.05) is 0 Å². The number of anilines is 1. The zero-order valence-electron chi connectivity index (χ0n) is 6.34. The number of rotatable bonds is 2. The molecule has 0 aromatic carbocycles. The molecule has 0 unspecified atom stereocenters. The largest absolute Gasteiger partial charge is 0.368 e. The predicted molar refractivity (Wildman–Crippen MR) is 50.6 cm³/mol. The van der Waals surface area contributed by atoms with Gasteiger partial charge in [0.1, 0.15) is 4.90 Å². The van der Waals surface area contributed by atoms with Crippen molar-refractivity contribution in [2.45, 2.75) is 4.90 Å². The first-order valence-electron chi connectivity index (χ1n) is 3.05. The SMILES string of the molecule is Nc1ncc(S(N)(=O)=O)c(C=S)n1. The summed E-state index contributed by atoms with van der Waals surface area (Å²) in [4.78, 5) is 6.88. The fourth-order valence-corrected chi connectivity index (χ4v) is 1.55. The molecule has 0 fully saturated rings. The van der Waals surface area contributed by atoms with Crippen LogP contribution < -0.4 is 10.9 Å². The molecule has 6 nitrogen and oxygen atoms in total. The van der Waals surface area contributed by atoms with E-state index in [2.05, 4.69) is 22.2 Å². The van der Waals surface area contributed by atoms with Gasteiger partial charge in [-0.15, -0.1) is 0 Å². The number of nitrogens with two attached hydrogens (primary N) is 2. The highest BCUT2D eigenvalue weighted by Gasteiger charge is 2.14. The third-order valence-electron chi connectivity index (χ3n) is 1.22. The topological polar surface area (TPSA) is 112 Å². The number of nitrogens with zero attached hydrogens (tertiary/aromatic N) is 2. The second kappa shape index (κ2) is 3.32. The van der Waals surface area contributed by atoms with E-state index < -0.39 is 10.0 Å². The number of hydrogen-bond acceptors (Lipinski definition) is 6. The van der Waals surface area contributed by atoms with Gasteiger partial charge in [-0.1, -0.05) is 12.2 Å². The Morgan fingerprint density at radius 2 is 2.15 bits per heavy atom. The summed E-state index contributed by atoms with van der Waals surface area (Å²) in [6.07, 6.45) is 1.02. The Morgan fingerprint density at radius 1 is 1.54 bits per heavy atom. The van der Waals surface area contributed by atoms with Crippen LogP contribution in [-0.2, 0) is 10.0 Å². The summed E-state index contributed by atoms with van der Waals surface area (Å²) in [5.74, 6) is -0.0523. The average molecular weight is 218 g/mol. The zero-order valence-corrected chi connectivity index (χ0v) is 7.97. The van der Waals surface area contributed by atoms with Crippen LogP contribution in [0.5, 0.6) is 0 Å². The molecule has 0 atom stereocenters. The first-order chi connectivity index (χ1) is 5.95. The van der Waals surface area contributed by atoms with Crippen LogP contribution in [0.1, 0.15) is 5.69 Å². The minimum Gasteiger partial charge on any atom is -0.368 e. The Bertz CT molecular complexity index is 442. The summed E-state index contributed by atoms with van der Waals surface area (Å²) < 4.78 is 21.8. The molecule has 0 amide bonds. The second-order valence-electron chi connectivity index (χ2n) is 2.14. The zero-order chi connectivity index (χ0) is 10.1. The van der Waals surface area contributed by atoms with Crippen LogP contribution in [0.15, 0.2) is 11.1 Å². The molecule has 4 N–H and O–H groups in total. The molecule has 0 spiro atoms. The van der Waals surface area contributed by atoms with Crippen LogP contribution in [0.25, 0.3) is 0 Å². The highest BCUT2D eigenvalue weighted by Crippen LogP contribution is 2.09. The number of nitrogen functional groups attached to an aromatic ring is 1. The van der Waals surface area contributed by atoms with E-state index in [1.54, 1.807) is 0 Å². The summed E-state index contributed by atoms with van der Waals surface area (Å²) in [5.41, 5.74) is 5.25. The van der Waals surface area contributed by atoms with Crippen molar-refractivity contribution in [3.05, 3.63) is 11.9 Å². The molecule has 0 saturated carbocycles. The van der Waals surface area contributed by atoms with Gasteiger partial charge in [0.05, 0.1) is 11.9 Å². The summed E-state index contributed by atoms with van der Waals surface area (Å²) in [6.45, 7) is 0. The Hall–Kier alpha value is -1.12. The van der Waals surface area contributed by atoms with Crippen molar-refractivity contribution < 1.29 is 8.42 Å². The van der Waals surface area contributed by atoms with Gasteiger partial charge in [0.15, 0.2) is 0 Å². The van der Waals surface area contributed by atoms with Crippen LogP contribution in [0.2, 0.25) is 0 Å². The van der Waals surface area contributed by atoms with Gasteiger partial charge < -0.3 is 5.73 Å². The molecule has 70 valence electrons. The Kier molecular flexibility index (Phi) is 2.55. The maximum Gasteiger partial charge on any atom is 0.241 e. The molecular formula is C5H6N4O2S2. The lowest BCUT2D eigenvalue weighted by Gasteiger charge is -2.01. The van der Waals surface area contributed by atoms with E-state index >= 15 is 0 Å². The highest BCUT2D eigenvalue weighted by molar-refractivity contribution is 7.89. The molecule has 13 heavy (non-hydrogen) atoms. The minimum absolute atomic E-state index is 0.0324. The van der Waals surface area contributed by atoms with E-state index in [0.29, 0.717) is 0 Å². The quantitative estimate of drug-likeness (QED) is 0.619. The highest BCUT2D eigenvalue weighted by atomic mass is 32.2. The minimum atomic E-state index is -3.84. The fraction of sp³-hybridized carbons (Fsp3) is 0. The monoisotopic (exact) mass is 218 g/mol. The molecule has 1 rings (SSSR count). The summed E-state index contributed by atoms with van der Waals surface area (Å²) in [7, 11) is -3.84. The lowest BCUT2D eigenvalue weighted by Crippen LogP contribution is -2.16. The molecule has 0 radical (unpaired) electrons. The number of hydrogen-bond donors (Lipinski definition) is 2. The number of sulfonamides is 1. The van der Waals surface area contributed by atoms with E-state index in [1.165, 1.54) is 0 Å². The van der Waals surface area contributed by atoms with E-state index in [9.17, 15) is 8.42 Å². The molecule has 1 heterocycles. The molecule has 0 saturated heterocycles. The van der Waals surface area contributed by atoms with Crippen molar-refractivity contribution in [1.29, 1.82) is 0 Å².